The third-order valence-corrected chi connectivity index (χ3v) is 5.04. The maximum Gasteiger partial charge on any atom is 0.250 e. The van der Waals surface area contributed by atoms with Gasteiger partial charge >= 0.3 is 0 Å². The predicted octanol–water partition coefficient (Wildman–Crippen LogP) is 6.14. The second-order valence-electron chi connectivity index (χ2n) is 6.59. The van der Waals surface area contributed by atoms with Crippen LogP contribution in [0.5, 0.6) is 5.75 Å². The lowest BCUT2D eigenvalue weighted by atomic mass is 9.95. The summed E-state index contributed by atoms with van der Waals surface area (Å²) in [5.74, 6) is -0.941. The first kappa shape index (κ1) is 25.2. The van der Waals surface area contributed by atoms with Crippen molar-refractivity contribution in [1.29, 1.82) is 0 Å². The largest absolute Gasteiger partial charge is 0.508 e. The van der Waals surface area contributed by atoms with E-state index in [9.17, 15) is 14.3 Å². The average molecular weight is 444 g/mol. The van der Waals surface area contributed by atoms with Gasteiger partial charge in [0.25, 0.3) is 0 Å². The Hall–Kier alpha value is -1.82. The minimum atomic E-state index is -0.460. The molecule has 2 rings (SSSR count). The summed E-state index contributed by atoms with van der Waals surface area (Å²) in [4.78, 5) is 16.8. The van der Waals surface area contributed by atoms with E-state index in [-0.39, 0.29) is 36.0 Å². The van der Waals surface area contributed by atoms with Crippen molar-refractivity contribution in [3.05, 3.63) is 62.4 Å². The highest BCUT2D eigenvalue weighted by Crippen LogP contribution is 2.34. The van der Waals surface area contributed by atoms with Crippen LogP contribution in [0.25, 0.3) is 0 Å². The predicted molar refractivity (Wildman–Crippen MR) is 116 cm³/mol. The van der Waals surface area contributed by atoms with Gasteiger partial charge in [-0.2, -0.15) is 0 Å². The number of benzene rings is 2. The summed E-state index contributed by atoms with van der Waals surface area (Å²) in [6.07, 6.45) is 0.255. The van der Waals surface area contributed by atoms with Gasteiger partial charge in [-0.05, 0) is 40.8 Å². The lowest BCUT2D eigenvalue weighted by molar-refractivity contribution is -0.167. The van der Waals surface area contributed by atoms with Crippen molar-refractivity contribution in [1.82, 2.24) is 5.06 Å². The molecule has 0 radical (unpaired) electrons. The van der Waals surface area contributed by atoms with Crippen molar-refractivity contribution >= 4 is 29.1 Å². The molecule has 2 aromatic rings. The molecule has 1 N–H and O–H groups in total. The second-order valence-corrected chi connectivity index (χ2v) is 7.41. The van der Waals surface area contributed by atoms with Gasteiger partial charge in [-0.1, -0.05) is 57.0 Å². The Morgan fingerprint density at radius 1 is 1.21 bits per heavy atom. The maximum absolute atomic E-state index is 14.8. The van der Waals surface area contributed by atoms with Crippen molar-refractivity contribution in [2.45, 2.75) is 46.5 Å². The maximum atomic E-state index is 14.8. The number of phenolic OH excluding ortho intramolecular Hbond substituents is 1. The molecule has 0 unspecified atom stereocenters. The Kier molecular flexibility index (Phi) is 9.90. The van der Waals surface area contributed by atoms with Gasteiger partial charge in [-0.3, -0.25) is 9.63 Å². The summed E-state index contributed by atoms with van der Waals surface area (Å²) in [5, 5.41) is 11.7. The SMILES string of the molecule is CC.CON(C)C(=O)Cc1cc(Cl)c(Cc2ccc(O)c(C(C)C)c2F)c(Cl)c1. The normalized spacial score (nSPS) is 10.6. The molecule has 0 spiro atoms. The fourth-order valence-electron chi connectivity index (χ4n) is 2.82. The zero-order valence-corrected chi connectivity index (χ0v) is 19.2. The van der Waals surface area contributed by atoms with Gasteiger partial charge < -0.3 is 5.11 Å². The van der Waals surface area contributed by atoms with Gasteiger partial charge in [0, 0.05) is 29.1 Å². The number of hydrogen-bond acceptors (Lipinski definition) is 3. The van der Waals surface area contributed by atoms with E-state index >= 15 is 0 Å². The van der Waals surface area contributed by atoms with E-state index in [1.807, 2.05) is 27.7 Å². The Balaban J connectivity index is 0.00000204. The van der Waals surface area contributed by atoms with Gasteiger partial charge in [-0.25, -0.2) is 9.45 Å². The van der Waals surface area contributed by atoms with Crippen LogP contribution in [-0.4, -0.2) is 30.2 Å². The molecule has 0 fully saturated rings. The number of hydrogen-bond donors (Lipinski definition) is 1. The summed E-state index contributed by atoms with van der Waals surface area (Å²) in [6, 6.07) is 6.29. The van der Waals surface area contributed by atoms with Crippen LogP contribution in [0.2, 0.25) is 10.0 Å². The molecule has 0 saturated heterocycles. The number of rotatable bonds is 6. The molecule has 0 aromatic heterocycles. The van der Waals surface area contributed by atoms with Crippen molar-refractivity contribution < 1.29 is 19.1 Å². The average Bonchev–Trinajstić information content (AvgIpc) is 2.66. The number of hydroxylamine groups is 2. The van der Waals surface area contributed by atoms with Crippen LogP contribution in [0.4, 0.5) is 4.39 Å². The summed E-state index contributed by atoms with van der Waals surface area (Å²) in [6.45, 7) is 7.62. The number of halogens is 3. The molecule has 4 nitrogen and oxygen atoms in total. The molecule has 160 valence electrons. The van der Waals surface area contributed by atoms with Crippen LogP contribution < -0.4 is 0 Å². The van der Waals surface area contributed by atoms with Crippen molar-refractivity contribution in [2.24, 2.45) is 0 Å². The van der Waals surface area contributed by atoms with Gasteiger partial charge in [0.05, 0.1) is 13.5 Å². The Bertz CT molecular complexity index is 833. The molecular formula is C22H28Cl2FNO3. The number of likely N-dealkylation sites (N-methyl/N-ethyl adjacent to an activating group) is 1. The number of aromatic hydroxyl groups is 1. The van der Waals surface area contributed by atoms with E-state index in [2.05, 4.69) is 0 Å². The van der Waals surface area contributed by atoms with Crippen LogP contribution in [0.3, 0.4) is 0 Å². The quantitative estimate of drug-likeness (QED) is 0.545. The molecule has 1 amide bonds. The second kappa shape index (κ2) is 11.4. The molecule has 29 heavy (non-hydrogen) atoms. The van der Waals surface area contributed by atoms with Gasteiger partial charge in [0.2, 0.25) is 5.91 Å². The molecule has 0 atom stereocenters. The molecule has 0 saturated carbocycles. The van der Waals surface area contributed by atoms with Crippen LogP contribution in [-0.2, 0) is 22.5 Å². The van der Waals surface area contributed by atoms with Crippen LogP contribution in [0.1, 0.15) is 55.9 Å². The number of amides is 1. The third kappa shape index (κ3) is 6.33. The highest BCUT2D eigenvalue weighted by Gasteiger charge is 2.19. The highest BCUT2D eigenvalue weighted by atomic mass is 35.5. The first-order valence-electron chi connectivity index (χ1n) is 9.43. The van der Waals surface area contributed by atoms with Crippen LogP contribution in [0.15, 0.2) is 24.3 Å². The highest BCUT2D eigenvalue weighted by molar-refractivity contribution is 6.36. The molecule has 2 aromatic carbocycles. The first-order valence-corrected chi connectivity index (χ1v) is 10.2. The van der Waals surface area contributed by atoms with Crippen molar-refractivity contribution in [3.8, 4) is 5.75 Å². The number of phenols is 1. The fourth-order valence-corrected chi connectivity index (χ4v) is 3.48. The standard InChI is InChI=1S/C20H22Cl2FNO3.C2H6/c1-11(2)19-17(25)6-5-13(20(19)23)10-14-15(21)7-12(8-16(14)22)9-18(26)24(3)27-4;1-2/h5-8,11,25H,9-10H2,1-4H3;1-2H3. The van der Waals surface area contributed by atoms with E-state index in [1.54, 1.807) is 12.1 Å². The van der Waals surface area contributed by atoms with E-state index in [4.69, 9.17) is 28.0 Å². The molecular weight excluding hydrogens is 416 g/mol. The smallest absolute Gasteiger partial charge is 0.250 e. The molecule has 0 aliphatic heterocycles. The number of carbonyl (C=O) groups excluding carboxylic acids is 1. The topological polar surface area (TPSA) is 49.8 Å². The third-order valence-electron chi connectivity index (χ3n) is 4.36. The first-order chi connectivity index (χ1) is 13.6. The molecule has 7 heteroatoms. The van der Waals surface area contributed by atoms with Crippen LogP contribution in [0, 0.1) is 5.82 Å². The molecule has 0 aliphatic carbocycles. The van der Waals surface area contributed by atoms with Gasteiger partial charge in [0.15, 0.2) is 0 Å². The van der Waals surface area contributed by atoms with E-state index in [1.165, 1.54) is 26.3 Å². The van der Waals surface area contributed by atoms with Gasteiger partial charge in [-0.15, -0.1) is 0 Å². The van der Waals surface area contributed by atoms with E-state index in [0.29, 0.717) is 26.7 Å². The summed E-state index contributed by atoms with van der Waals surface area (Å²) >= 11 is 12.7. The van der Waals surface area contributed by atoms with E-state index in [0.717, 1.165) is 5.06 Å². The van der Waals surface area contributed by atoms with Crippen molar-refractivity contribution in [2.75, 3.05) is 14.2 Å². The Morgan fingerprint density at radius 3 is 2.24 bits per heavy atom. The number of carbonyl (C=O) groups is 1. The molecule has 0 heterocycles. The molecule has 0 aliphatic rings. The Morgan fingerprint density at radius 2 is 1.76 bits per heavy atom. The summed E-state index contributed by atoms with van der Waals surface area (Å²) in [5.41, 5.74) is 1.86. The lowest BCUT2D eigenvalue weighted by Crippen LogP contribution is -2.26. The minimum Gasteiger partial charge on any atom is -0.508 e. The minimum absolute atomic E-state index is 0.0698. The van der Waals surface area contributed by atoms with Crippen molar-refractivity contribution in [3.63, 3.8) is 0 Å². The molecule has 0 bridgehead atoms. The van der Waals surface area contributed by atoms with Crippen LogP contribution >= 0.6 is 23.2 Å². The summed E-state index contributed by atoms with van der Waals surface area (Å²) in [7, 11) is 2.92. The fraction of sp³-hybridized carbons (Fsp3) is 0.409. The monoisotopic (exact) mass is 443 g/mol. The zero-order valence-electron chi connectivity index (χ0n) is 17.6. The summed E-state index contributed by atoms with van der Waals surface area (Å²) < 4.78 is 14.8. The lowest BCUT2D eigenvalue weighted by Gasteiger charge is -2.16. The van der Waals surface area contributed by atoms with E-state index < -0.39 is 5.82 Å². The Labute approximate surface area is 182 Å². The van der Waals surface area contributed by atoms with Gasteiger partial charge in [0.1, 0.15) is 11.6 Å². The zero-order chi connectivity index (χ0) is 22.3. The number of nitrogens with zero attached hydrogens (tertiary/aromatic N) is 1.